The van der Waals surface area contributed by atoms with E-state index >= 15 is 0 Å². The highest BCUT2D eigenvalue weighted by Gasteiger charge is 2.18. The summed E-state index contributed by atoms with van der Waals surface area (Å²) in [6.45, 7) is 0. The van der Waals surface area contributed by atoms with Crippen LogP contribution in [0, 0.1) is 0 Å². The van der Waals surface area contributed by atoms with E-state index in [4.69, 9.17) is 0 Å². The molecule has 0 aromatic heterocycles. The van der Waals surface area contributed by atoms with Crippen LogP contribution in [0.15, 0.2) is 12.0 Å². The standard InChI is InChI=1S/C4H2FN2O2/c5-2-1-6-4(9)7-3(2)8/h1H,(H,7,8,9). The molecule has 0 aromatic rings. The highest BCUT2D eigenvalue weighted by molar-refractivity contribution is 6.04. The first-order chi connectivity index (χ1) is 4.20. The Labute approximate surface area is 49.7 Å². The van der Waals surface area contributed by atoms with Gasteiger partial charge in [-0.1, -0.05) is 0 Å². The Bertz CT molecular complexity index is 199. The van der Waals surface area contributed by atoms with Crippen molar-refractivity contribution in [2.75, 3.05) is 0 Å². The second-order valence-corrected chi connectivity index (χ2v) is 1.37. The van der Waals surface area contributed by atoms with Crippen molar-refractivity contribution in [1.29, 1.82) is 0 Å². The molecule has 47 valence electrons. The Kier molecular flexibility index (Phi) is 1.18. The molecule has 0 atom stereocenters. The molecule has 5 heteroatoms. The summed E-state index contributed by atoms with van der Waals surface area (Å²) < 4.78 is 12.0. The van der Waals surface area contributed by atoms with Crippen LogP contribution < -0.4 is 10.6 Å². The third-order valence-electron chi connectivity index (χ3n) is 0.733. The third-order valence-corrected chi connectivity index (χ3v) is 0.733. The Morgan fingerprint density at radius 3 is 2.67 bits per heavy atom. The predicted molar refractivity (Wildman–Crippen MR) is 24.9 cm³/mol. The molecule has 0 fully saturated rings. The fourth-order valence-electron chi connectivity index (χ4n) is 0.363. The van der Waals surface area contributed by atoms with E-state index in [0.29, 0.717) is 6.20 Å². The van der Waals surface area contributed by atoms with E-state index in [1.165, 1.54) is 0 Å². The largest absolute Gasteiger partial charge is 0.347 e. The van der Waals surface area contributed by atoms with Crippen molar-refractivity contribution in [2.45, 2.75) is 0 Å². The fourth-order valence-corrected chi connectivity index (χ4v) is 0.363. The SMILES string of the molecule is O=C1[N]C=C(F)C(=O)N1. The highest BCUT2D eigenvalue weighted by atomic mass is 19.1. The first-order valence-electron chi connectivity index (χ1n) is 2.12. The average molecular weight is 129 g/mol. The first kappa shape index (κ1) is 5.74. The smallest absolute Gasteiger partial charge is 0.270 e. The summed E-state index contributed by atoms with van der Waals surface area (Å²) in [6.07, 6.45) is 0.584. The zero-order chi connectivity index (χ0) is 6.85. The lowest BCUT2D eigenvalue weighted by molar-refractivity contribution is -0.118. The van der Waals surface area contributed by atoms with E-state index in [1.54, 1.807) is 5.32 Å². The maximum absolute atomic E-state index is 12.0. The van der Waals surface area contributed by atoms with E-state index in [0.717, 1.165) is 0 Å². The quantitative estimate of drug-likeness (QED) is 0.486. The number of carbonyl (C=O) groups excluding carboxylic acids is 2. The number of carbonyl (C=O) groups is 2. The number of hydrogen-bond donors (Lipinski definition) is 1. The molecule has 1 heterocycles. The van der Waals surface area contributed by atoms with Gasteiger partial charge in [0.15, 0.2) is 0 Å². The molecule has 1 radical (unpaired) electrons. The molecule has 0 saturated carbocycles. The summed E-state index contributed by atoms with van der Waals surface area (Å²) in [7, 11) is 0. The zero-order valence-corrected chi connectivity index (χ0v) is 4.22. The molecular weight excluding hydrogens is 127 g/mol. The van der Waals surface area contributed by atoms with Crippen LogP contribution in [0.25, 0.3) is 0 Å². The minimum absolute atomic E-state index is 0.584. The van der Waals surface area contributed by atoms with Crippen LogP contribution in [-0.2, 0) is 4.79 Å². The summed E-state index contributed by atoms with van der Waals surface area (Å²) in [5.41, 5.74) is 0. The Morgan fingerprint density at radius 1 is 1.56 bits per heavy atom. The van der Waals surface area contributed by atoms with Crippen LogP contribution in [0.2, 0.25) is 0 Å². The van der Waals surface area contributed by atoms with Crippen LogP contribution in [0.3, 0.4) is 0 Å². The molecule has 0 bridgehead atoms. The molecule has 9 heavy (non-hydrogen) atoms. The van der Waals surface area contributed by atoms with E-state index < -0.39 is 17.8 Å². The van der Waals surface area contributed by atoms with Crippen molar-refractivity contribution in [2.24, 2.45) is 0 Å². The summed E-state index contributed by atoms with van der Waals surface area (Å²) in [5.74, 6) is -2.08. The fraction of sp³-hybridized carbons (Fsp3) is 0. The van der Waals surface area contributed by atoms with Crippen molar-refractivity contribution < 1.29 is 14.0 Å². The van der Waals surface area contributed by atoms with Crippen LogP contribution in [0.5, 0.6) is 0 Å². The van der Waals surface area contributed by atoms with Gasteiger partial charge in [0.1, 0.15) is 0 Å². The third kappa shape index (κ3) is 1.04. The summed E-state index contributed by atoms with van der Waals surface area (Å²) in [6, 6.07) is -0.832. The number of halogens is 1. The van der Waals surface area contributed by atoms with Crippen molar-refractivity contribution in [3.63, 3.8) is 0 Å². The lowest BCUT2D eigenvalue weighted by Gasteiger charge is -2.03. The van der Waals surface area contributed by atoms with Gasteiger partial charge in [0.05, 0.1) is 6.20 Å². The van der Waals surface area contributed by atoms with Gasteiger partial charge in [0, 0.05) is 0 Å². The van der Waals surface area contributed by atoms with Gasteiger partial charge >= 0.3 is 6.03 Å². The van der Waals surface area contributed by atoms with Gasteiger partial charge < -0.3 is 0 Å². The summed E-state index contributed by atoms with van der Waals surface area (Å²) in [4.78, 5) is 20.3. The molecule has 0 unspecified atom stereocenters. The molecule has 3 amide bonds. The molecule has 0 aromatic carbocycles. The zero-order valence-electron chi connectivity index (χ0n) is 4.22. The van der Waals surface area contributed by atoms with E-state index in [-0.39, 0.29) is 0 Å². The monoisotopic (exact) mass is 129 g/mol. The minimum atomic E-state index is -1.05. The number of nitrogens with zero attached hydrogens (tertiary/aromatic N) is 1. The predicted octanol–water partition coefficient (Wildman–Crippen LogP) is -0.348. The molecule has 0 saturated heterocycles. The van der Waals surface area contributed by atoms with E-state index in [1.807, 2.05) is 0 Å². The maximum Gasteiger partial charge on any atom is 0.347 e. The molecule has 4 nitrogen and oxygen atoms in total. The van der Waals surface area contributed by atoms with Crippen molar-refractivity contribution >= 4 is 11.9 Å². The van der Waals surface area contributed by atoms with Crippen molar-refractivity contribution in [3.8, 4) is 0 Å². The van der Waals surface area contributed by atoms with Crippen molar-refractivity contribution in [3.05, 3.63) is 12.0 Å². The maximum atomic E-state index is 12.0. The lowest BCUT2D eigenvalue weighted by atomic mass is 10.5. The van der Waals surface area contributed by atoms with Crippen LogP contribution in [0.1, 0.15) is 0 Å². The van der Waals surface area contributed by atoms with Gasteiger partial charge in [0.25, 0.3) is 5.91 Å². The average Bonchev–Trinajstić information content (AvgIpc) is 1.80. The van der Waals surface area contributed by atoms with Crippen molar-refractivity contribution in [1.82, 2.24) is 10.6 Å². The second-order valence-electron chi connectivity index (χ2n) is 1.37. The topological polar surface area (TPSA) is 60.3 Å². The molecule has 0 aliphatic carbocycles. The van der Waals surface area contributed by atoms with Gasteiger partial charge in [-0.05, 0) is 0 Å². The Morgan fingerprint density at radius 2 is 2.22 bits per heavy atom. The summed E-state index contributed by atoms with van der Waals surface area (Å²) in [5, 5.41) is 4.59. The normalized spacial score (nSPS) is 18.1. The van der Waals surface area contributed by atoms with Gasteiger partial charge in [0.2, 0.25) is 5.83 Å². The van der Waals surface area contributed by atoms with Gasteiger partial charge in [-0.25, -0.2) is 4.79 Å². The number of nitrogens with one attached hydrogen (secondary N) is 1. The molecule has 1 aliphatic rings. The van der Waals surface area contributed by atoms with Gasteiger partial charge in [-0.15, -0.1) is 0 Å². The van der Waals surface area contributed by atoms with E-state index in [9.17, 15) is 14.0 Å². The number of hydrogen-bond acceptors (Lipinski definition) is 2. The first-order valence-corrected chi connectivity index (χ1v) is 2.12. The lowest BCUT2D eigenvalue weighted by Crippen LogP contribution is -2.38. The highest BCUT2D eigenvalue weighted by Crippen LogP contribution is 1.97. The molecule has 0 spiro atoms. The Hall–Kier alpha value is -1.39. The van der Waals surface area contributed by atoms with Gasteiger partial charge in [-0.3, -0.25) is 10.1 Å². The summed E-state index contributed by atoms with van der Waals surface area (Å²) >= 11 is 0. The number of rotatable bonds is 0. The second kappa shape index (κ2) is 1.85. The Balaban J connectivity index is 2.79. The number of urea groups is 1. The van der Waals surface area contributed by atoms with Crippen LogP contribution >= 0.6 is 0 Å². The van der Waals surface area contributed by atoms with Gasteiger partial charge in [-0.2, -0.15) is 9.71 Å². The number of amides is 3. The molecule has 1 N–H and O–H groups in total. The molecular formula is C4H2FN2O2. The minimum Gasteiger partial charge on any atom is -0.270 e. The number of imide groups is 1. The molecule has 1 rings (SSSR count). The molecule has 1 aliphatic heterocycles. The van der Waals surface area contributed by atoms with Crippen LogP contribution in [0.4, 0.5) is 9.18 Å². The van der Waals surface area contributed by atoms with E-state index in [2.05, 4.69) is 5.32 Å². The van der Waals surface area contributed by atoms with Crippen LogP contribution in [-0.4, -0.2) is 11.9 Å².